The zero-order valence-electron chi connectivity index (χ0n) is 24.8. The maximum atomic E-state index is 14.1. The highest BCUT2D eigenvalue weighted by atomic mass is 32.2. The predicted molar refractivity (Wildman–Crippen MR) is 159 cm³/mol. The summed E-state index contributed by atoms with van der Waals surface area (Å²) < 4.78 is 87.7. The van der Waals surface area contributed by atoms with Gasteiger partial charge in [-0.1, -0.05) is 12.1 Å². The lowest BCUT2D eigenvalue weighted by Gasteiger charge is -2.41. The average Bonchev–Trinajstić information content (AvgIpc) is 3.59. The van der Waals surface area contributed by atoms with Gasteiger partial charge in [0.15, 0.2) is 5.17 Å². The molecule has 1 saturated heterocycles. The molecule has 3 aromatic rings. The highest BCUT2D eigenvalue weighted by Gasteiger charge is 2.40. The van der Waals surface area contributed by atoms with Crippen LogP contribution in [0, 0.1) is 0 Å². The molecule has 9 nitrogen and oxygen atoms in total. The number of nitrogens with one attached hydrogen (secondary N) is 1. The van der Waals surface area contributed by atoms with Crippen molar-refractivity contribution in [2.45, 2.75) is 51.2 Å². The van der Waals surface area contributed by atoms with E-state index in [1.54, 1.807) is 43.9 Å². The number of aliphatic hydroxyl groups excluding tert-OH is 1. The zero-order chi connectivity index (χ0) is 33.6. The second-order valence-corrected chi connectivity index (χ2v) is 12.8. The normalized spacial score (nSPS) is 19.1. The standard InChI is InChI=1S/C30H29F6N5O4S/c1-28(2,3)45-27(44)41-9-8-40(14-20(41)15-42)26-38-25(43)24(46-26)21(16-5-7-23-18(10-16)13-37-39-23)11-17-4-6-19(29(31,32)33)12-22(17)30(34,35)36/h4-7,10,12-13,20,42H,8-9,11,14-15H2,1-3H3,(H,37,39)/t20-/m1/s1. The van der Waals surface area contributed by atoms with E-state index in [0.29, 0.717) is 22.5 Å². The minimum Gasteiger partial charge on any atom is -0.444 e. The van der Waals surface area contributed by atoms with E-state index in [1.807, 2.05) is 0 Å². The van der Waals surface area contributed by atoms with Gasteiger partial charge in [0.2, 0.25) is 0 Å². The van der Waals surface area contributed by atoms with Crippen molar-refractivity contribution in [1.29, 1.82) is 0 Å². The van der Waals surface area contributed by atoms with Crippen molar-refractivity contribution in [2.75, 3.05) is 26.2 Å². The van der Waals surface area contributed by atoms with Gasteiger partial charge in [0.25, 0.3) is 5.91 Å². The molecule has 2 aliphatic rings. The summed E-state index contributed by atoms with van der Waals surface area (Å²) in [5.74, 6) is -0.738. The smallest absolute Gasteiger partial charge is 0.416 e. The molecular formula is C30H29F6N5O4S. The summed E-state index contributed by atoms with van der Waals surface area (Å²) in [6.45, 7) is 5.17. The van der Waals surface area contributed by atoms with E-state index in [9.17, 15) is 41.0 Å². The van der Waals surface area contributed by atoms with Crippen molar-refractivity contribution in [3.05, 3.63) is 69.8 Å². The number of fused-ring (bicyclic) bond motifs is 1. The van der Waals surface area contributed by atoms with E-state index in [1.165, 1.54) is 11.1 Å². The first-order valence-corrected chi connectivity index (χ1v) is 14.9. The van der Waals surface area contributed by atoms with Gasteiger partial charge in [0.05, 0.1) is 40.4 Å². The number of aliphatic hydroxyl groups is 1. The quantitative estimate of drug-likeness (QED) is 0.255. The number of piperazine rings is 1. The number of aromatic nitrogens is 2. The molecule has 16 heteroatoms. The van der Waals surface area contributed by atoms with Crippen LogP contribution in [0.1, 0.15) is 43.0 Å². The molecular weight excluding hydrogens is 640 g/mol. The number of amides is 2. The SMILES string of the molecule is CC(C)(C)OC(=O)N1CCN(C2=NC(=O)C(=C(Cc3ccc(C(F)(F)F)cc3C(F)(F)F)c3ccc4[nH]ncc4c3)S2)C[C@@H]1CO. The third-order valence-electron chi connectivity index (χ3n) is 7.35. The van der Waals surface area contributed by atoms with Crippen molar-refractivity contribution in [3.8, 4) is 0 Å². The van der Waals surface area contributed by atoms with Gasteiger partial charge in [0.1, 0.15) is 5.60 Å². The number of amidine groups is 1. The van der Waals surface area contributed by atoms with E-state index >= 15 is 0 Å². The number of rotatable bonds is 4. The number of ether oxygens (including phenoxy) is 1. The lowest BCUT2D eigenvalue weighted by molar-refractivity contribution is -0.143. The number of alkyl halides is 6. The van der Waals surface area contributed by atoms with E-state index in [4.69, 9.17) is 4.74 Å². The monoisotopic (exact) mass is 669 g/mol. The Labute approximate surface area is 263 Å². The lowest BCUT2D eigenvalue weighted by atomic mass is 9.92. The van der Waals surface area contributed by atoms with Gasteiger partial charge in [-0.2, -0.15) is 36.4 Å². The number of aromatic amines is 1. The lowest BCUT2D eigenvalue weighted by Crippen LogP contribution is -2.58. The van der Waals surface area contributed by atoms with Crippen LogP contribution in [0.5, 0.6) is 0 Å². The first-order chi connectivity index (χ1) is 21.4. The number of H-pyrrole nitrogens is 1. The second kappa shape index (κ2) is 12.3. The summed E-state index contributed by atoms with van der Waals surface area (Å²) in [6, 6.07) is 5.55. The summed E-state index contributed by atoms with van der Waals surface area (Å²) in [4.78, 5) is 33.3. The average molecular weight is 670 g/mol. The molecule has 5 rings (SSSR count). The topological polar surface area (TPSA) is 111 Å². The molecule has 2 amide bonds. The van der Waals surface area contributed by atoms with Crippen LogP contribution in [0.15, 0.2) is 52.5 Å². The Morgan fingerprint density at radius 2 is 1.80 bits per heavy atom. The Kier molecular flexibility index (Phi) is 8.90. The Morgan fingerprint density at radius 3 is 2.46 bits per heavy atom. The van der Waals surface area contributed by atoms with E-state index in [-0.39, 0.29) is 41.3 Å². The third-order valence-corrected chi connectivity index (χ3v) is 8.51. The van der Waals surface area contributed by atoms with Crippen LogP contribution in [0.4, 0.5) is 31.1 Å². The number of carbonyl (C=O) groups is 2. The van der Waals surface area contributed by atoms with Gasteiger partial charge in [0, 0.05) is 25.0 Å². The third kappa shape index (κ3) is 7.17. The Bertz CT molecular complexity index is 1730. The first-order valence-electron chi connectivity index (χ1n) is 14.0. The van der Waals surface area contributed by atoms with Gasteiger partial charge in [-0.15, -0.1) is 0 Å². The molecule has 0 saturated carbocycles. The number of halogens is 6. The fraction of sp³-hybridized carbons (Fsp3) is 0.400. The van der Waals surface area contributed by atoms with Crippen molar-refractivity contribution in [3.63, 3.8) is 0 Å². The number of carbonyl (C=O) groups excluding carboxylic acids is 2. The number of allylic oxidation sites excluding steroid dienone is 1. The summed E-state index contributed by atoms with van der Waals surface area (Å²) in [5, 5.41) is 17.6. The summed E-state index contributed by atoms with van der Waals surface area (Å²) in [5.41, 5.74) is -3.02. The number of nitrogens with zero attached hydrogens (tertiary/aromatic N) is 4. The molecule has 0 bridgehead atoms. The zero-order valence-corrected chi connectivity index (χ0v) is 25.6. The molecule has 2 aromatic carbocycles. The van der Waals surface area contributed by atoms with Gasteiger partial charge in [-0.05, 0) is 79.9 Å². The summed E-state index contributed by atoms with van der Waals surface area (Å²) in [6.07, 6.45) is -9.75. The molecule has 1 atom stereocenters. The minimum absolute atomic E-state index is 0.000914. The van der Waals surface area contributed by atoms with E-state index in [0.717, 1.165) is 17.8 Å². The van der Waals surface area contributed by atoms with E-state index in [2.05, 4.69) is 15.2 Å². The van der Waals surface area contributed by atoms with Gasteiger partial charge >= 0.3 is 18.4 Å². The van der Waals surface area contributed by atoms with Crippen molar-refractivity contribution in [2.24, 2.45) is 4.99 Å². The molecule has 0 aliphatic carbocycles. The van der Waals surface area contributed by atoms with Crippen LogP contribution in [0.25, 0.3) is 16.5 Å². The highest BCUT2D eigenvalue weighted by Crippen LogP contribution is 2.42. The second-order valence-electron chi connectivity index (χ2n) is 11.8. The van der Waals surface area contributed by atoms with Crippen LogP contribution >= 0.6 is 11.8 Å². The Hall–Kier alpha value is -4.05. The number of hydrogen-bond donors (Lipinski definition) is 2. The van der Waals surface area contributed by atoms with Gasteiger partial charge < -0.3 is 14.7 Å². The molecule has 2 N–H and O–H groups in total. The molecule has 3 heterocycles. The molecule has 0 radical (unpaired) electrons. The van der Waals surface area contributed by atoms with Crippen LogP contribution < -0.4 is 0 Å². The van der Waals surface area contributed by atoms with Crippen LogP contribution in [0.3, 0.4) is 0 Å². The Balaban J connectivity index is 1.50. The number of hydrogen-bond acceptors (Lipinski definition) is 7. The fourth-order valence-electron chi connectivity index (χ4n) is 5.17. The molecule has 2 aliphatic heterocycles. The van der Waals surface area contributed by atoms with Crippen molar-refractivity contribution >= 4 is 45.4 Å². The first kappa shape index (κ1) is 33.3. The van der Waals surface area contributed by atoms with Crippen LogP contribution in [-0.4, -0.2) is 80.2 Å². The molecule has 0 spiro atoms. The van der Waals surface area contributed by atoms with E-state index < -0.39 is 65.7 Å². The number of benzene rings is 2. The van der Waals surface area contributed by atoms with Gasteiger partial charge in [-0.3, -0.25) is 14.8 Å². The molecule has 1 fully saturated rings. The maximum absolute atomic E-state index is 14.1. The molecule has 246 valence electrons. The highest BCUT2D eigenvalue weighted by molar-refractivity contribution is 8.18. The predicted octanol–water partition coefficient (Wildman–Crippen LogP) is 6.10. The van der Waals surface area contributed by atoms with Crippen molar-refractivity contribution < 1.29 is 45.8 Å². The summed E-state index contributed by atoms with van der Waals surface area (Å²) in [7, 11) is 0. The summed E-state index contributed by atoms with van der Waals surface area (Å²) >= 11 is 0.913. The molecule has 0 unspecified atom stereocenters. The maximum Gasteiger partial charge on any atom is 0.416 e. The molecule has 46 heavy (non-hydrogen) atoms. The van der Waals surface area contributed by atoms with Crippen LogP contribution in [-0.2, 0) is 28.3 Å². The van der Waals surface area contributed by atoms with Crippen LogP contribution in [0.2, 0.25) is 0 Å². The Morgan fingerprint density at radius 1 is 1.07 bits per heavy atom. The van der Waals surface area contributed by atoms with Gasteiger partial charge in [-0.25, -0.2) is 4.79 Å². The molecule has 1 aromatic heterocycles. The number of aliphatic imine (C=N–C) groups is 1. The fourth-order valence-corrected chi connectivity index (χ4v) is 6.22. The minimum atomic E-state index is -5.11. The number of thioether (sulfide) groups is 1. The largest absolute Gasteiger partial charge is 0.444 e. The van der Waals surface area contributed by atoms with Crippen molar-refractivity contribution in [1.82, 2.24) is 20.0 Å².